The summed E-state index contributed by atoms with van der Waals surface area (Å²) < 4.78 is 14.2. The summed E-state index contributed by atoms with van der Waals surface area (Å²) in [5.41, 5.74) is 1.82. The van der Waals surface area contributed by atoms with Crippen molar-refractivity contribution in [1.82, 2.24) is 14.9 Å². The molecule has 0 unspecified atom stereocenters. The van der Waals surface area contributed by atoms with Gasteiger partial charge < -0.3 is 9.47 Å². The number of ether oxygens (including phenoxy) is 2. The number of halogens is 1. The van der Waals surface area contributed by atoms with Gasteiger partial charge in [0.05, 0.1) is 13.3 Å². The Hall–Kier alpha value is -2.45. The van der Waals surface area contributed by atoms with Gasteiger partial charge >= 0.3 is 0 Å². The maximum Gasteiger partial charge on any atom is 0.216 e. The molecule has 0 aliphatic heterocycles. The minimum atomic E-state index is 0.387. The van der Waals surface area contributed by atoms with E-state index in [1.54, 1.807) is 13.3 Å². The van der Waals surface area contributed by atoms with Gasteiger partial charge in [-0.2, -0.15) is 14.9 Å². The van der Waals surface area contributed by atoms with Crippen molar-refractivity contribution in [2.45, 2.75) is 6.61 Å². The van der Waals surface area contributed by atoms with Crippen LogP contribution in [0.5, 0.6) is 11.5 Å². The fraction of sp³-hybridized carbons (Fsp3) is 0.118. The number of rotatable bonds is 6. The Morgan fingerprint density at radius 3 is 2.76 bits per heavy atom. The molecule has 0 spiro atoms. The predicted molar refractivity (Wildman–Crippen MR) is 102 cm³/mol. The zero-order valence-corrected chi connectivity index (χ0v) is 15.8. The van der Waals surface area contributed by atoms with Crippen LogP contribution in [0.1, 0.15) is 11.1 Å². The van der Waals surface area contributed by atoms with Crippen LogP contribution in [0, 0.1) is 4.77 Å². The molecule has 0 amide bonds. The normalized spacial score (nSPS) is 11.0. The Morgan fingerprint density at radius 2 is 2.08 bits per heavy atom. The minimum absolute atomic E-state index is 0.387. The van der Waals surface area contributed by atoms with Crippen LogP contribution >= 0.6 is 28.1 Å². The zero-order valence-electron chi connectivity index (χ0n) is 13.3. The summed E-state index contributed by atoms with van der Waals surface area (Å²) in [7, 11) is 1.64. The SMILES string of the molecule is COc1ccc(C=Nn2cn[nH]c2=S)cc1COc1ccc(Br)cc1. The molecule has 0 saturated carbocycles. The quantitative estimate of drug-likeness (QED) is 0.481. The lowest BCUT2D eigenvalue weighted by atomic mass is 10.1. The molecule has 128 valence electrons. The van der Waals surface area contributed by atoms with E-state index in [9.17, 15) is 0 Å². The van der Waals surface area contributed by atoms with Gasteiger partial charge in [0.2, 0.25) is 4.77 Å². The lowest BCUT2D eigenvalue weighted by Gasteiger charge is -2.11. The van der Waals surface area contributed by atoms with E-state index < -0.39 is 0 Å². The largest absolute Gasteiger partial charge is 0.496 e. The van der Waals surface area contributed by atoms with Gasteiger partial charge in [0.15, 0.2) is 0 Å². The van der Waals surface area contributed by atoms with E-state index in [2.05, 4.69) is 31.2 Å². The predicted octanol–water partition coefficient (Wildman–Crippen LogP) is 4.17. The smallest absolute Gasteiger partial charge is 0.216 e. The van der Waals surface area contributed by atoms with Crippen molar-refractivity contribution >= 4 is 34.4 Å². The van der Waals surface area contributed by atoms with Gasteiger partial charge in [-0.25, -0.2) is 0 Å². The van der Waals surface area contributed by atoms with Crippen molar-refractivity contribution in [1.29, 1.82) is 0 Å². The molecule has 2 aromatic carbocycles. The van der Waals surface area contributed by atoms with Crippen molar-refractivity contribution in [3.05, 3.63) is 69.2 Å². The van der Waals surface area contributed by atoms with E-state index in [0.29, 0.717) is 11.4 Å². The van der Waals surface area contributed by atoms with Crippen LogP contribution in [-0.4, -0.2) is 28.2 Å². The number of benzene rings is 2. The average Bonchev–Trinajstić information content (AvgIpc) is 3.04. The molecule has 1 heterocycles. The van der Waals surface area contributed by atoms with E-state index in [4.69, 9.17) is 21.7 Å². The van der Waals surface area contributed by atoms with E-state index in [0.717, 1.165) is 27.1 Å². The highest BCUT2D eigenvalue weighted by atomic mass is 79.9. The monoisotopic (exact) mass is 418 g/mol. The molecule has 0 aliphatic rings. The second-order valence-corrected chi connectivity index (χ2v) is 6.37. The van der Waals surface area contributed by atoms with Crippen molar-refractivity contribution in [3.63, 3.8) is 0 Å². The maximum absolute atomic E-state index is 5.83. The summed E-state index contributed by atoms with van der Waals surface area (Å²) in [5, 5.41) is 10.7. The van der Waals surface area contributed by atoms with Gasteiger partial charge in [-0.05, 0) is 60.2 Å². The third kappa shape index (κ3) is 4.55. The van der Waals surface area contributed by atoms with Gasteiger partial charge in [0.25, 0.3) is 0 Å². The molecule has 3 rings (SSSR count). The molecule has 1 aromatic heterocycles. The second kappa shape index (κ2) is 8.09. The third-order valence-electron chi connectivity index (χ3n) is 3.38. The highest BCUT2D eigenvalue weighted by molar-refractivity contribution is 9.10. The molecule has 25 heavy (non-hydrogen) atoms. The molecule has 3 aromatic rings. The molecular formula is C17H15BrN4O2S. The minimum Gasteiger partial charge on any atom is -0.496 e. The van der Waals surface area contributed by atoms with Gasteiger partial charge in [0, 0.05) is 10.0 Å². The zero-order chi connectivity index (χ0) is 17.6. The summed E-state index contributed by atoms with van der Waals surface area (Å²) in [5.74, 6) is 1.54. The lowest BCUT2D eigenvalue weighted by Crippen LogP contribution is -2.00. The number of H-pyrrole nitrogens is 1. The highest BCUT2D eigenvalue weighted by Crippen LogP contribution is 2.23. The first-order valence-corrected chi connectivity index (χ1v) is 8.57. The summed E-state index contributed by atoms with van der Waals surface area (Å²) >= 11 is 8.46. The van der Waals surface area contributed by atoms with E-state index in [1.807, 2.05) is 42.5 Å². The maximum atomic E-state index is 5.83. The standard InChI is InChI=1S/C17H15BrN4O2S/c1-23-16-7-2-12(9-20-22-11-19-21-17(22)25)8-13(16)10-24-15-5-3-14(18)4-6-15/h2-9,11H,10H2,1H3,(H,21,25). The first-order valence-electron chi connectivity index (χ1n) is 7.37. The van der Waals surface area contributed by atoms with E-state index >= 15 is 0 Å². The van der Waals surface area contributed by atoms with Crippen LogP contribution in [0.3, 0.4) is 0 Å². The van der Waals surface area contributed by atoms with Crippen LogP contribution < -0.4 is 9.47 Å². The Labute approximate surface area is 158 Å². The fourth-order valence-electron chi connectivity index (χ4n) is 2.14. The second-order valence-electron chi connectivity index (χ2n) is 5.06. The van der Waals surface area contributed by atoms with Crippen LogP contribution in [0.25, 0.3) is 0 Å². The molecule has 0 radical (unpaired) electrons. The molecule has 0 fully saturated rings. The third-order valence-corrected chi connectivity index (χ3v) is 4.19. The number of nitrogens with zero attached hydrogens (tertiary/aromatic N) is 3. The van der Waals surface area contributed by atoms with Crippen LogP contribution in [0.2, 0.25) is 0 Å². The first-order chi connectivity index (χ1) is 12.2. The number of nitrogens with one attached hydrogen (secondary N) is 1. The van der Waals surface area contributed by atoms with Gasteiger partial charge in [0.1, 0.15) is 24.4 Å². The van der Waals surface area contributed by atoms with Crippen molar-refractivity contribution < 1.29 is 9.47 Å². The van der Waals surface area contributed by atoms with E-state index in [1.165, 1.54) is 11.0 Å². The molecule has 8 heteroatoms. The Morgan fingerprint density at radius 1 is 1.28 bits per heavy atom. The van der Waals surface area contributed by atoms with Crippen LogP contribution in [0.15, 0.2) is 58.4 Å². The number of aromatic nitrogens is 3. The summed E-state index contributed by atoms with van der Waals surface area (Å²) in [6, 6.07) is 13.4. The Bertz CT molecular complexity index is 934. The summed E-state index contributed by atoms with van der Waals surface area (Å²) in [6.45, 7) is 0.387. The number of methoxy groups -OCH3 is 1. The number of hydrogen-bond donors (Lipinski definition) is 1. The molecule has 0 bridgehead atoms. The van der Waals surface area contributed by atoms with Gasteiger partial charge in [-0.15, -0.1) is 0 Å². The average molecular weight is 419 g/mol. The molecule has 0 saturated heterocycles. The Kier molecular flexibility index (Phi) is 5.62. The van der Waals surface area contributed by atoms with Crippen molar-refractivity contribution in [2.24, 2.45) is 5.10 Å². The van der Waals surface area contributed by atoms with Crippen LogP contribution in [-0.2, 0) is 6.61 Å². The van der Waals surface area contributed by atoms with Crippen molar-refractivity contribution in [2.75, 3.05) is 7.11 Å². The lowest BCUT2D eigenvalue weighted by molar-refractivity contribution is 0.296. The van der Waals surface area contributed by atoms with Crippen molar-refractivity contribution in [3.8, 4) is 11.5 Å². The number of aromatic amines is 1. The summed E-state index contributed by atoms with van der Waals surface area (Å²) in [6.07, 6.45) is 3.22. The molecule has 6 nitrogen and oxygen atoms in total. The molecular weight excluding hydrogens is 404 g/mol. The topological polar surface area (TPSA) is 64.4 Å². The number of hydrogen-bond acceptors (Lipinski definition) is 5. The van der Waals surface area contributed by atoms with E-state index in [-0.39, 0.29) is 0 Å². The van der Waals surface area contributed by atoms with Gasteiger partial charge in [-0.3, -0.25) is 5.10 Å². The Balaban J connectivity index is 1.77. The summed E-state index contributed by atoms with van der Waals surface area (Å²) in [4.78, 5) is 0. The fourth-order valence-corrected chi connectivity index (χ4v) is 2.55. The van der Waals surface area contributed by atoms with Gasteiger partial charge in [-0.1, -0.05) is 15.9 Å². The molecule has 0 atom stereocenters. The van der Waals surface area contributed by atoms with Crippen LogP contribution in [0.4, 0.5) is 0 Å². The first kappa shape index (κ1) is 17.4. The highest BCUT2D eigenvalue weighted by Gasteiger charge is 2.05. The molecule has 1 N–H and O–H groups in total. The molecule has 0 aliphatic carbocycles.